The van der Waals surface area contributed by atoms with Crippen molar-refractivity contribution in [2.45, 2.75) is 0 Å². The van der Waals surface area contributed by atoms with Gasteiger partial charge in [-0.3, -0.25) is 0 Å². The molecule has 0 atom stereocenters. The predicted octanol–water partition coefficient (Wildman–Crippen LogP) is 1.14. The minimum Gasteiger partial charge on any atom is -0.398 e. The molecule has 10 heavy (non-hydrogen) atoms. The van der Waals surface area contributed by atoms with E-state index in [2.05, 4.69) is 4.98 Å². The summed E-state index contributed by atoms with van der Waals surface area (Å²) >= 11 is 2.04. The normalized spacial score (nSPS) is 8.80. The van der Waals surface area contributed by atoms with Crippen LogP contribution in [0.2, 0.25) is 0 Å². The third-order valence-corrected chi connectivity index (χ3v) is 1.61. The summed E-state index contributed by atoms with van der Waals surface area (Å²) < 4.78 is 0.800. The lowest BCUT2D eigenvalue weighted by atomic mass is 10.3. The van der Waals surface area contributed by atoms with E-state index < -0.39 is 0 Å². The maximum atomic E-state index is 8.44. The fraction of sp³-hybridized carbons (Fsp3) is 0. The Bertz CT molecular complexity index is 290. The van der Waals surface area contributed by atoms with Crippen LogP contribution < -0.4 is 5.73 Å². The molecule has 0 aliphatic rings. The first-order valence-corrected chi connectivity index (χ1v) is 3.63. The Hall–Kier alpha value is -0.830. The first-order chi connectivity index (χ1) is 4.74. The van der Waals surface area contributed by atoms with Gasteiger partial charge < -0.3 is 5.73 Å². The molecule has 0 bridgehead atoms. The Labute approximate surface area is 72.0 Å². The van der Waals surface area contributed by atoms with Crippen LogP contribution >= 0.6 is 22.6 Å². The van der Waals surface area contributed by atoms with Gasteiger partial charge >= 0.3 is 0 Å². The number of halogens is 1. The average Bonchev–Trinajstić information content (AvgIpc) is 1.88. The lowest BCUT2D eigenvalue weighted by Gasteiger charge is -1.94. The van der Waals surface area contributed by atoms with Crippen LogP contribution in [0, 0.1) is 15.0 Å². The van der Waals surface area contributed by atoms with Crippen molar-refractivity contribution in [3.63, 3.8) is 0 Å². The van der Waals surface area contributed by atoms with Crippen molar-refractivity contribution in [3.05, 3.63) is 21.5 Å². The second kappa shape index (κ2) is 2.84. The zero-order valence-corrected chi connectivity index (χ0v) is 7.16. The number of nitriles is 1. The summed E-state index contributed by atoms with van der Waals surface area (Å²) in [7, 11) is 0. The van der Waals surface area contributed by atoms with Crippen molar-refractivity contribution in [3.8, 4) is 6.07 Å². The van der Waals surface area contributed by atoms with Gasteiger partial charge in [-0.25, -0.2) is 4.98 Å². The van der Waals surface area contributed by atoms with Gasteiger partial charge in [0.1, 0.15) is 9.77 Å². The summed E-state index contributed by atoms with van der Waals surface area (Å²) in [5, 5.41) is 8.44. The van der Waals surface area contributed by atoms with Crippen molar-refractivity contribution in [2.24, 2.45) is 0 Å². The van der Waals surface area contributed by atoms with Gasteiger partial charge in [0.25, 0.3) is 0 Å². The van der Waals surface area contributed by atoms with Crippen LogP contribution in [-0.2, 0) is 0 Å². The first kappa shape index (κ1) is 7.28. The van der Waals surface area contributed by atoms with Crippen molar-refractivity contribution in [2.75, 3.05) is 5.73 Å². The second-order valence-electron chi connectivity index (χ2n) is 1.71. The largest absolute Gasteiger partial charge is 0.398 e. The van der Waals surface area contributed by atoms with E-state index in [-0.39, 0.29) is 0 Å². The molecule has 0 saturated carbocycles. The van der Waals surface area contributed by atoms with E-state index in [9.17, 15) is 0 Å². The van der Waals surface area contributed by atoms with E-state index in [0.29, 0.717) is 11.3 Å². The second-order valence-corrected chi connectivity index (χ2v) is 2.81. The van der Waals surface area contributed by atoms with E-state index >= 15 is 0 Å². The number of pyridine rings is 1. The summed E-state index contributed by atoms with van der Waals surface area (Å²) in [5.41, 5.74) is 6.38. The standard InChI is InChI=1S/C6H4IN3/c7-6-1-5(9)4(2-8)3-10-6/h1,3H,(H2,9,10). The SMILES string of the molecule is N#Cc1cnc(I)cc1N. The molecule has 1 aromatic rings. The Kier molecular flexibility index (Phi) is 2.06. The van der Waals surface area contributed by atoms with Crippen LogP contribution in [0.1, 0.15) is 5.56 Å². The van der Waals surface area contributed by atoms with Gasteiger partial charge in [0.2, 0.25) is 0 Å². The zero-order chi connectivity index (χ0) is 7.56. The van der Waals surface area contributed by atoms with Gasteiger partial charge in [0, 0.05) is 6.20 Å². The summed E-state index contributed by atoms with van der Waals surface area (Å²) in [6, 6.07) is 3.60. The van der Waals surface area contributed by atoms with Crippen molar-refractivity contribution in [1.82, 2.24) is 4.98 Å². The molecule has 2 N–H and O–H groups in total. The molecule has 0 fully saturated rings. The minimum atomic E-state index is 0.431. The molecule has 4 heteroatoms. The fourth-order valence-corrected chi connectivity index (χ4v) is 1.01. The van der Waals surface area contributed by atoms with Crippen molar-refractivity contribution >= 4 is 28.3 Å². The van der Waals surface area contributed by atoms with Crippen molar-refractivity contribution < 1.29 is 0 Å². The minimum absolute atomic E-state index is 0.431. The molecule has 1 aromatic heterocycles. The third kappa shape index (κ3) is 1.36. The lowest BCUT2D eigenvalue weighted by Crippen LogP contribution is -1.92. The lowest BCUT2D eigenvalue weighted by molar-refractivity contribution is 1.26. The van der Waals surface area contributed by atoms with Crippen LogP contribution in [0.25, 0.3) is 0 Å². The molecule has 1 rings (SSSR count). The summed E-state index contributed by atoms with van der Waals surface area (Å²) in [5.74, 6) is 0. The molecule has 0 spiro atoms. The molecular formula is C6H4IN3. The fourth-order valence-electron chi connectivity index (χ4n) is 0.538. The Morgan fingerprint density at radius 2 is 2.40 bits per heavy atom. The predicted molar refractivity (Wildman–Crippen MR) is 46.1 cm³/mol. The van der Waals surface area contributed by atoms with Gasteiger partial charge in [0.05, 0.1) is 11.3 Å². The Balaban J connectivity index is 3.23. The summed E-state index contributed by atoms with van der Waals surface area (Å²) in [6.07, 6.45) is 1.47. The summed E-state index contributed by atoms with van der Waals surface area (Å²) in [6.45, 7) is 0. The zero-order valence-electron chi connectivity index (χ0n) is 5.00. The number of anilines is 1. The van der Waals surface area contributed by atoms with Gasteiger partial charge in [-0.2, -0.15) is 5.26 Å². The Morgan fingerprint density at radius 1 is 1.70 bits per heavy atom. The number of nitrogen functional groups attached to an aromatic ring is 1. The highest BCUT2D eigenvalue weighted by Gasteiger charge is 1.97. The molecule has 50 valence electrons. The molecule has 1 heterocycles. The van der Waals surface area contributed by atoms with Crippen molar-refractivity contribution in [1.29, 1.82) is 5.26 Å². The molecule has 0 aromatic carbocycles. The highest BCUT2D eigenvalue weighted by Crippen LogP contribution is 2.10. The molecule has 0 radical (unpaired) electrons. The monoisotopic (exact) mass is 245 g/mol. The maximum absolute atomic E-state index is 8.44. The smallest absolute Gasteiger partial charge is 0.103 e. The van der Waals surface area contributed by atoms with Crippen LogP contribution in [0.5, 0.6) is 0 Å². The van der Waals surface area contributed by atoms with E-state index in [4.69, 9.17) is 11.0 Å². The summed E-state index contributed by atoms with van der Waals surface area (Å²) in [4.78, 5) is 3.89. The van der Waals surface area contributed by atoms with Gasteiger partial charge in [-0.15, -0.1) is 0 Å². The van der Waals surface area contributed by atoms with Crippen LogP contribution in [0.3, 0.4) is 0 Å². The van der Waals surface area contributed by atoms with E-state index in [1.165, 1.54) is 6.20 Å². The third-order valence-electron chi connectivity index (χ3n) is 1.02. The van der Waals surface area contributed by atoms with E-state index in [1.54, 1.807) is 6.07 Å². The number of rotatable bonds is 0. The molecule has 0 aliphatic heterocycles. The topological polar surface area (TPSA) is 62.7 Å². The first-order valence-electron chi connectivity index (χ1n) is 2.55. The number of nitrogens with two attached hydrogens (primary N) is 1. The number of hydrogen-bond acceptors (Lipinski definition) is 3. The average molecular weight is 245 g/mol. The van der Waals surface area contributed by atoms with E-state index in [1.807, 2.05) is 28.7 Å². The quantitative estimate of drug-likeness (QED) is 0.550. The van der Waals surface area contributed by atoms with Gasteiger partial charge in [-0.05, 0) is 28.7 Å². The maximum Gasteiger partial charge on any atom is 0.103 e. The molecular weight excluding hydrogens is 241 g/mol. The molecule has 3 nitrogen and oxygen atoms in total. The van der Waals surface area contributed by atoms with E-state index in [0.717, 1.165) is 3.70 Å². The Morgan fingerprint density at radius 3 is 2.90 bits per heavy atom. The highest BCUT2D eigenvalue weighted by molar-refractivity contribution is 14.1. The molecule has 0 unspecified atom stereocenters. The van der Waals surface area contributed by atoms with Gasteiger partial charge in [-0.1, -0.05) is 0 Å². The molecule has 0 saturated heterocycles. The number of hydrogen-bond donors (Lipinski definition) is 1. The highest BCUT2D eigenvalue weighted by atomic mass is 127. The van der Waals surface area contributed by atoms with Gasteiger partial charge in [0.15, 0.2) is 0 Å². The van der Waals surface area contributed by atoms with Crippen LogP contribution in [0.4, 0.5) is 5.69 Å². The van der Waals surface area contributed by atoms with Crippen LogP contribution in [0.15, 0.2) is 12.3 Å². The molecule has 0 aliphatic carbocycles. The molecule has 0 amide bonds. The van der Waals surface area contributed by atoms with Crippen LogP contribution in [-0.4, -0.2) is 4.98 Å². The number of aromatic nitrogens is 1. The number of nitrogens with zero attached hydrogens (tertiary/aromatic N) is 2.